The number of methoxy groups -OCH3 is 2. The predicted octanol–water partition coefficient (Wildman–Crippen LogP) is 5.10. The molecule has 8 aromatic rings. The van der Waals surface area contributed by atoms with Gasteiger partial charge in [0.25, 0.3) is 0 Å². The van der Waals surface area contributed by atoms with Crippen LogP contribution in [0.5, 0.6) is 11.5 Å². The molecule has 0 saturated carbocycles. The van der Waals surface area contributed by atoms with E-state index in [1.165, 1.54) is 62.4 Å². The Morgan fingerprint density at radius 2 is 0.949 bits per heavy atom. The first-order chi connectivity index (χ1) is 28.4. The van der Waals surface area contributed by atoms with Crippen molar-refractivity contribution in [1.82, 2.24) is 19.8 Å². The summed E-state index contributed by atoms with van der Waals surface area (Å²) in [6, 6.07) is 25.8. The van der Waals surface area contributed by atoms with E-state index in [2.05, 4.69) is 128 Å². The second-order valence-electron chi connectivity index (χ2n) is 15.1. The van der Waals surface area contributed by atoms with Gasteiger partial charge in [-0.25, -0.2) is 9.13 Å². The molecule has 4 aromatic carbocycles. The molecule has 0 saturated heterocycles. The number of carbonyl (C=O) groups is 2. The topological polar surface area (TPSA) is 145 Å². The molecule has 59 heavy (non-hydrogen) atoms. The van der Waals surface area contributed by atoms with Crippen LogP contribution in [0.15, 0.2) is 97.6 Å². The number of H-pyrrole nitrogens is 2. The van der Waals surface area contributed by atoms with Crippen molar-refractivity contribution in [2.24, 2.45) is 0 Å². The van der Waals surface area contributed by atoms with Gasteiger partial charge in [0.05, 0.1) is 38.1 Å². The average Bonchev–Trinajstić information content (AvgIpc) is 3.79. The highest BCUT2D eigenvalue weighted by molar-refractivity contribution is 6.21. The molecule has 12 heteroatoms. The number of carbonyl (C=O) groups excluding carboxylic acids is 2. The summed E-state index contributed by atoms with van der Waals surface area (Å²) in [7, 11) is 7.95. The lowest BCUT2D eigenvalue weighted by atomic mass is 10.1. The Labute approximate surface area is 344 Å². The number of hydrogen-bond donors (Lipinski definition) is 2. The van der Waals surface area contributed by atoms with Gasteiger partial charge in [-0.2, -0.15) is 0 Å². The third kappa shape index (κ3) is 10.6. The van der Waals surface area contributed by atoms with E-state index in [1.807, 2.05) is 12.1 Å². The largest absolute Gasteiger partial charge is 0.550 e. The van der Waals surface area contributed by atoms with Crippen LogP contribution < -0.4 is 28.8 Å². The molecule has 0 aliphatic heterocycles. The quantitative estimate of drug-likeness (QED) is 0.114. The third-order valence-electron chi connectivity index (χ3n) is 10.6. The first kappa shape index (κ1) is 42.4. The fourth-order valence-corrected chi connectivity index (χ4v) is 7.64. The fourth-order valence-electron chi connectivity index (χ4n) is 7.64. The van der Waals surface area contributed by atoms with Crippen molar-refractivity contribution < 1.29 is 38.4 Å². The summed E-state index contributed by atoms with van der Waals surface area (Å²) in [6.07, 6.45) is 12.7. The van der Waals surface area contributed by atoms with Crippen molar-refractivity contribution in [2.45, 2.75) is 46.2 Å². The van der Waals surface area contributed by atoms with E-state index in [0.29, 0.717) is 0 Å². The summed E-state index contributed by atoms with van der Waals surface area (Å²) >= 11 is 0. The molecule has 0 bridgehead atoms. The monoisotopic (exact) mass is 798 g/mol. The minimum Gasteiger partial charge on any atom is -0.550 e. The summed E-state index contributed by atoms with van der Waals surface area (Å²) in [5.74, 6) is -0.403. The molecule has 0 aliphatic rings. The molecule has 12 nitrogen and oxygen atoms in total. The Bertz CT molecular complexity index is 2530. The third-order valence-corrected chi connectivity index (χ3v) is 10.6. The molecule has 308 valence electrons. The molecule has 0 spiro atoms. The van der Waals surface area contributed by atoms with Crippen LogP contribution in [0.3, 0.4) is 0 Å². The van der Waals surface area contributed by atoms with E-state index < -0.39 is 11.9 Å². The Morgan fingerprint density at radius 3 is 1.34 bits per heavy atom. The zero-order valence-electron chi connectivity index (χ0n) is 34.8. The molecule has 0 radical (unpaired) electrons. The van der Waals surface area contributed by atoms with Crippen LogP contribution in [0.1, 0.15) is 33.1 Å². The Kier molecular flexibility index (Phi) is 14.0. The number of carboxylic acid groups (broad SMARTS) is 2. The van der Waals surface area contributed by atoms with Crippen LogP contribution >= 0.6 is 0 Å². The molecular formula is C47H54N6O6. The number of carboxylic acids is 2. The number of unbranched alkanes of at least 4 members (excludes halogenated alkanes) is 2. The highest BCUT2D eigenvalue weighted by Crippen LogP contribution is 2.35. The lowest BCUT2D eigenvalue weighted by molar-refractivity contribution is -0.695. The Morgan fingerprint density at radius 1 is 0.559 bits per heavy atom. The van der Waals surface area contributed by atoms with Crippen LogP contribution in [-0.4, -0.2) is 86.2 Å². The zero-order chi connectivity index (χ0) is 42.1. The molecule has 8 rings (SSSR count). The number of nitrogens with one attached hydrogen (secondary N) is 2. The van der Waals surface area contributed by atoms with E-state index in [1.54, 1.807) is 14.2 Å². The van der Waals surface area contributed by atoms with E-state index >= 15 is 0 Å². The van der Waals surface area contributed by atoms with Gasteiger partial charge in [-0.3, -0.25) is 0 Å². The molecule has 0 amide bonds. The van der Waals surface area contributed by atoms with Crippen molar-refractivity contribution in [2.75, 3.05) is 54.5 Å². The number of hydrogen-bond acceptors (Lipinski definition) is 8. The van der Waals surface area contributed by atoms with Gasteiger partial charge < -0.3 is 49.0 Å². The second-order valence-corrected chi connectivity index (χ2v) is 15.1. The summed E-state index contributed by atoms with van der Waals surface area (Å²) in [6.45, 7) is 8.15. The Hall–Kier alpha value is -6.24. The maximum Gasteiger partial charge on any atom is 0.177 e. The first-order valence-corrected chi connectivity index (χ1v) is 20.0. The first-order valence-electron chi connectivity index (χ1n) is 20.0. The Balaban J connectivity index is 0.000000673. The number of ether oxygens (including phenoxy) is 2. The minimum atomic E-state index is -1.08. The highest BCUT2D eigenvalue weighted by Gasteiger charge is 2.15. The van der Waals surface area contributed by atoms with Crippen molar-refractivity contribution in [3.63, 3.8) is 0 Å². The van der Waals surface area contributed by atoms with Gasteiger partial charge in [0.2, 0.25) is 0 Å². The minimum absolute atomic E-state index is 0.882. The van der Waals surface area contributed by atoms with Gasteiger partial charge in [0.15, 0.2) is 37.9 Å². The van der Waals surface area contributed by atoms with Gasteiger partial charge in [-0.05, 0) is 113 Å². The number of pyridine rings is 2. The standard InChI is InChI=1S/C43H46N6O2.2C2H4O2/c1-46(22-24-48-20-16-30-8-12-40-42(36(30)28-48)34-26-32(50-3)10-14-38(34)44-40)18-6-5-7-19-47(2)23-25-49-21-17-31-9-13-41-43(37(31)29-49)35-27-33(51-4)11-15-39(35)45-41;2*1-2(3)4/h8-17,20-21,26-29H,5-7,18-19,22-25H2,1-4H3;2*1H3,(H,3,4). The van der Waals surface area contributed by atoms with E-state index in [0.717, 1.165) is 86.7 Å². The van der Waals surface area contributed by atoms with Gasteiger partial charge >= 0.3 is 0 Å². The highest BCUT2D eigenvalue weighted by atomic mass is 16.5. The number of aromatic amines is 2. The molecule has 0 fully saturated rings. The van der Waals surface area contributed by atoms with Gasteiger partial charge in [-0.15, -0.1) is 0 Å². The fraction of sp³-hybridized carbons (Fsp3) is 0.319. The maximum atomic E-state index is 8.89. The normalized spacial score (nSPS) is 11.4. The van der Waals surface area contributed by atoms with Crippen LogP contribution in [0.4, 0.5) is 0 Å². The SMILES string of the molecule is CC(=O)[O-].CC(=O)[O-].COc1ccc2[nH]c3ccc4cc[n+](CCN(C)CCCCCN(C)CC[n+]5ccc6ccc7[nH]c8ccc(OC)cc8c7c6c5)cc4c3c2c1. The number of rotatable bonds is 14. The number of nitrogens with zero attached hydrogens (tertiary/aromatic N) is 4. The maximum absolute atomic E-state index is 8.89. The van der Waals surface area contributed by atoms with Gasteiger partial charge in [-0.1, -0.05) is 18.6 Å². The molecule has 0 atom stereocenters. The van der Waals surface area contributed by atoms with Crippen molar-refractivity contribution in [1.29, 1.82) is 0 Å². The van der Waals surface area contributed by atoms with E-state index in [9.17, 15) is 0 Å². The van der Waals surface area contributed by atoms with Crippen LogP contribution in [0, 0.1) is 0 Å². The summed E-state index contributed by atoms with van der Waals surface area (Å²) in [5, 5.41) is 27.8. The van der Waals surface area contributed by atoms with Crippen molar-refractivity contribution in [3.05, 3.63) is 97.6 Å². The smallest absolute Gasteiger partial charge is 0.177 e. The lowest BCUT2D eigenvalue weighted by Gasteiger charge is -2.17. The van der Waals surface area contributed by atoms with Crippen molar-refractivity contribution in [3.8, 4) is 11.5 Å². The predicted molar refractivity (Wildman–Crippen MR) is 230 cm³/mol. The van der Waals surface area contributed by atoms with Crippen LogP contribution in [-0.2, 0) is 22.7 Å². The molecule has 0 aliphatic carbocycles. The number of likely N-dealkylation sites (N-methyl/N-ethyl adjacent to an activating group) is 2. The molecule has 4 heterocycles. The lowest BCUT2D eigenvalue weighted by Crippen LogP contribution is -2.39. The molecular weight excluding hydrogens is 745 g/mol. The van der Waals surface area contributed by atoms with Crippen molar-refractivity contribution >= 4 is 77.1 Å². The summed E-state index contributed by atoms with van der Waals surface area (Å²) in [4.78, 5) is 29.9. The van der Waals surface area contributed by atoms with Crippen LogP contribution in [0.2, 0.25) is 0 Å². The van der Waals surface area contributed by atoms with Crippen LogP contribution in [0.25, 0.3) is 65.2 Å². The average molecular weight is 799 g/mol. The molecule has 0 unspecified atom stereocenters. The summed E-state index contributed by atoms with van der Waals surface area (Å²) < 4.78 is 15.7. The van der Waals surface area contributed by atoms with E-state index in [-0.39, 0.29) is 0 Å². The summed E-state index contributed by atoms with van der Waals surface area (Å²) in [5.41, 5.74) is 4.59. The van der Waals surface area contributed by atoms with Gasteiger partial charge in [0.1, 0.15) is 11.5 Å². The van der Waals surface area contributed by atoms with E-state index in [4.69, 9.17) is 29.3 Å². The number of benzene rings is 4. The number of fused-ring (bicyclic) bond motifs is 10. The number of aliphatic carboxylic acids is 2. The second kappa shape index (κ2) is 19.5. The molecule has 2 N–H and O–H groups in total. The molecule has 4 aromatic heterocycles. The van der Waals surface area contributed by atoms with Gasteiger partial charge in [0, 0.05) is 67.7 Å². The number of aromatic nitrogens is 4. The zero-order valence-corrected chi connectivity index (χ0v) is 34.8.